The molecule has 0 radical (unpaired) electrons. The number of halogens is 3. The van der Waals surface area contributed by atoms with Gasteiger partial charge in [0.25, 0.3) is 5.56 Å². The minimum absolute atomic E-state index is 0.0689. The Balaban J connectivity index is 0.000000637. The molecule has 0 bridgehead atoms. The lowest BCUT2D eigenvalue weighted by Gasteiger charge is -2.36. The van der Waals surface area contributed by atoms with Crippen LogP contribution in [0.1, 0.15) is 22.3 Å². The molecule has 0 aliphatic carbocycles. The van der Waals surface area contributed by atoms with E-state index in [9.17, 15) is 37.1 Å². The van der Waals surface area contributed by atoms with Gasteiger partial charge in [0.15, 0.2) is 12.9 Å². The number of benzene rings is 2. The summed E-state index contributed by atoms with van der Waals surface area (Å²) in [4.78, 5) is 60.4. The molecule has 0 unspecified atom stereocenters. The summed E-state index contributed by atoms with van der Waals surface area (Å²) in [6, 6.07) is 16.0. The number of hydrogen-bond donors (Lipinski definition) is 2. The van der Waals surface area contributed by atoms with E-state index in [4.69, 9.17) is 14.9 Å². The molecule has 0 atom stereocenters. The quantitative estimate of drug-likeness (QED) is 0.222. The lowest BCUT2D eigenvalue weighted by molar-refractivity contribution is -0.153. The highest BCUT2D eigenvalue weighted by Crippen LogP contribution is 2.30. The molecular formula is C31H33F3N4O8. The van der Waals surface area contributed by atoms with Crippen LogP contribution in [0.2, 0.25) is 0 Å². The molecule has 12 nitrogen and oxygen atoms in total. The van der Waals surface area contributed by atoms with Crippen molar-refractivity contribution in [2.24, 2.45) is 0 Å². The highest BCUT2D eigenvalue weighted by molar-refractivity contribution is 5.89. The number of aldehydes is 1. The third kappa shape index (κ3) is 11.1. The van der Waals surface area contributed by atoms with Crippen molar-refractivity contribution in [3.8, 4) is 5.75 Å². The summed E-state index contributed by atoms with van der Waals surface area (Å²) < 4.78 is 45.3. The Labute approximate surface area is 261 Å². The monoisotopic (exact) mass is 646 g/mol. The van der Waals surface area contributed by atoms with Gasteiger partial charge in [-0.15, -0.1) is 0 Å². The van der Waals surface area contributed by atoms with Crippen LogP contribution in [0, 0.1) is 0 Å². The molecule has 1 fully saturated rings. The Hall–Kier alpha value is -5.18. The number of ether oxygens (including phenoxy) is 1. The van der Waals surface area contributed by atoms with Gasteiger partial charge in [-0.3, -0.25) is 23.6 Å². The summed E-state index contributed by atoms with van der Waals surface area (Å²) in [5.41, 5.74) is 0.354. The number of alkyl halides is 3. The van der Waals surface area contributed by atoms with Crippen LogP contribution in [0.4, 0.5) is 18.9 Å². The first kappa shape index (κ1) is 35.3. The first-order valence-electron chi connectivity index (χ1n) is 14.1. The number of rotatable bonds is 12. The van der Waals surface area contributed by atoms with Gasteiger partial charge in [0.1, 0.15) is 5.75 Å². The van der Waals surface area contributed by atoms with Crippen molar-refractivity contribution in [1.29, 1.82) is 0 Å². The number of para-hydroxylation sites is 2. The molecule has 4 rings (SSSR count). The van der Waals surface area contributed by atoms with Crippen LogP contribution >= 0.6 is 0 Å². The smallest absolute Gasteiger partial charge is 0.422 e. The summed E-state index contributed by atoms with van der Waals surface area (Å²) in [7, 11) is 0. The average Bonchev–Trinajstić information content (AvgIpc) is 3.03. The van der Waals surface area contributed by atoms with Gasteiger partial charge in [-0.1, -0.05) is 42.5 Å². The number of aromatic nitrogens is 2. The molecule has 1 aromatic heterocycles. The van der Waals surface area contributed by atoms with Crippen LogP contribution in [0.3, 0.4) is 0 Å². The predicted octanol–water partition coefficient (Wildman–Crippen LogP) is 2.74. The SMILES string of the molecule is O=C(O)/C=C/C(=O)O.O=Cc1cn(Cc2ccccc2)c(=O)n(CCCN2CCN(c3ccccc3OCC(F)(F)F)CC2)c1=O. The largest absolute Gasteiger partial charge is 0.482 e. The maximum Gasteiger partial charge on any atom is 0.422 e. The first-order valence-corrected chi connectivity index (χ1v) is 14.1. The molecule has 0 spiro atoms. The molecule has 46 heavy (non-hydrogen) atoms. The minimum atomic E-state index is -4.41. The molecule has 2 aromatic carbocycles. The van der Waals surface area contributed by atoms with Crippen molar-refractivity contribution < 1.29 is 42.5 Å². The molecule has 1 saturated heterocycles. The van der Waals surface area contributed by atoms with Crippen LogP contribution < -0.4 is 20.9 Å². The van der Waals surface area contributed by atoms with Gasteiger partial charge in [-0.05, 0) is 30.7 Å². The molecule has 2 heterocycles. The van der Waals surface area contributed by atoms with Crippen LogP contribution in [0.15, 0.2) is 82.5 Å². The molecule has 0 saturated carbocycles. The molecule has 1 aliphatic rings. The standard InChI is InChI=1S/C27H29F3N4O4.C4H4O4/c28-27(29,30)20-38-24-10-5-4-9-23(24)32-15-13-31(14-16-32)11-6-12-34-25(36)22(19-35)18-33(26(34)37)17-21-7-2-1-3-8-21;5-3(6)1-2-4(7)8/h1-5,7-10,18-19H,6,11-17,20H2;1-2H,(H,5,6)(H,7,8)/b;2-1+. The van der Waals surface area contributed by atoms with Gasteiger partial charge >= 0.3 is 23.8 Å². The Bertz CT molecular complexity index is 1610. The molecular weight excluding hydrogens is 613 g/mol. The number of piperazine rings is 1. The maximum atomic E-state index is 13.0. The van der Waals surface area contributed by atoms with Gasteiger partial charge in [0.05, 0.1) is 17.8 Å². The number of carboxylic acid groups (broad SMARTS) is 2. The second-order valence-corrected chi connectivity index (χ2v) is 10.1. The van der Waals surface area contributed by atoms with Gasteiger partial charge in [-0.2, -0.15) is 13.2 Å². The third-order valence-electron chi connectivity index (χ3n) is 6.78. The number of aliphatic carboxylic acids is 2. The minimum Gasteiger partial charge on any atom is -0.482 e. The van der Waals surface area contributed by atoms with Crippen LogP contribution in [-0.2, 0) is 22.7 Å². The highest BCUT2D eigenvalue weighted by Gasteiger charge is 2.29. The van der Waals surface area contributed by atoms with Gasteiger partial charge in [0, 0.05) is 51.1 Å². The van der Waals surface area contributed by atoms with Gasteiger partial charge in [-0.25, -0.2) is 14.4 Å². The van der Waals surface area contributed by atoms with Crippen molar-refractivity contribution in [2.45, 2.75) is 25.7 Å². The van der Waals surface area contributed by atoms with E-state index >= 15 is 0 Å². The van der Waals surface area contributed by atoms with Crippen molar-refractivity contribution >= 4 is 23.9 Å². The topological polar surface area (TPSA) is 151 Å². The van der Waals surface area contributed by atoms with Crippen molar-refractivity contribution in [2.75, 3.05) is 44.2 Å². The zero-order valence-corrected chi connectivity index (χ0v) is 24.6. The summed E-state index contributed by atoms with van der Waals surface area (Å²) in [6.07, 6.45) is -1.01. The summed E-state index contributed by atoms with van der Waals surface area (Å²) in [5, 5.41) is 15.6. The highest BCUT2D eigenvalue weighted by atomic mass is 19.4. The summed E-state index contributed by atoms with van der Waals surface area (Å²) >= 11 is 0. The molecule has 0 amide bonds. The second kappa shape index (κ2) is 16.8. The summed E-state index contributed by atoms with van der Waals surface area (Å²) in [6.45, 7) is 2.20. The molecule has 3 aromatic rings. The molecule has 2 N–H and O–H groups in total. The Morgan fingerprint density at radius 1 is 0.870 bits per heavy atom. The number of anilines is 1. The Kier molecular flexibility index (Phi) is 12.9. The number of carboxylic acids is 2. The fourth-order valence-electron chi connectivity index (χ4n) is 4.65. The van der Waals surface area contributed by atoms with Gasteiger partial charge in [0.2, 0.25) is 0 Å². The Morgan fingerprint density at radius 2 is 1.48 bits per heavy atom. The molecule has 15 heteroatoms. The van der Waals surface area contributed by atoms with E-state index < -0.39 is 36.0 Å². The lowest BCUT2D eigenvalue weighted by atomic mass is 10.2. The van der Waals surface area contributed by atoms with E-state index in [1.165, 1.54) is 16.8 Å². The normalized spacial score (nSPS) is 13.6. The fraction of sp³-hybridized carbons (Fsp3) is 0.323. The fourth-order valence-corrected chi connectivity index (χ4v) is 4.65. The maximum absolute atomic E-state index is 13.0. The van der Waals surface area contributed by atoms with Crippen molar-refractivity contribution in [3.05, 3.63) is 105 Å². The van der Waals surface area contributed by atoms with Crippen LogP contribution in [0.5, 0.6) is 5.75 Å². The first-order chi connectivity index (χ1) is 21.9. The van der Waals surface area contributed by atoms with Crippen LogP contribution in [-0.4, -0.2) is 88.0 Å². The Morgan fingerprint density at radius 3 is 2.07 bits per heavy atom. The van der Waals surface area contributed by atoms with Crippen molar-refractivity contribution in [1.82, 2.24) is 14.0 Å². The van der Waals surface area contributed by atoms with E-state index in [0.717, 1.165) is 10.1 Å². The number of carbonyl (C=O) groups excluding carboxylic acids is 1. The number of nitrogens with zero attached hydrogens (tertiary/aromatic N) is 4. The van der Waals surface area contributed by atoms with Crippen LogP contribution in [0.25, 0.3) is 0 Å². The molecule has 1 aliphatic heterocycles. The lowest BCUT2D eigenvalue weighted by Crippen LogP contribution is -2.47. The molecule has 246 valence electrons. The van der Waals surface area contributed by atoms with Crippen molar-refractivity contribution in [3.63, 3.8) is 0 Å². The number of carbonyl (C=O) groups is 3. The van der Waals surface area contributed by atoms with E-state index in [-0.39, 0.29) is 24.4 Å². The zero-order chi connectivity index (χ0) is 33.7. The van der Waals surface area contributed by atoms with E-state index in [1.54, 1.807) is 18.2 Å². The van der Waals surface area contributed by atoms with E-state index in [2.05, 4.69) is 4.90 Å². The number of hydrogen-bond acceptors (Lipinski definition) is 8. The summed E-state index contributed by atoms with van der Waals surface area (Å²) in [5.74, 6) is -2.32. The second-order valence-electron chi connectivity index (χ2n) is 10.1. The van der Waals surface area contributed by atoms with E-state index in [1.807, 2.05) is 35.2 Å². The zero-order valence-electron chi connectivity index (χ0n) is 24.6. The van der Waals surface area contributed by atoms with Gasteiger partial charge < -0.3 is 19.8 Å². The average molecular weight is 647 g/mol. The predicted molar refractivity (Wildman–Crippen MR) is 162 cm³/mol. The third-order valence-corrected chi connectivity index (χ3v) is 6.78. The van der Waals surface area contributed by atoms with E-state index in [0.29, 0.717) is 63.3 Å².